The first kappa shape index (κ1) is 22.8. The van der Waals surface area contributed by atoms with E-state index in [1.54, 1.807) is 27.9 Å². The van der Waals surface area contributed by atoms with Crippen LogP contribution in [0.3, 0.4) is 0 Å². The standard InChI is InChI=1S/C22H22F2N6O2S/c23-15-9-16(24)11-17(10-15)26-20(31)14-33-22-28-27-19(30(22)18-5-4-7-25-12-18)13-29-8-3-1-2-6-21(29)32/h4-5,7,9-12H,1-3,6,8,13-14H2,(H,26,31). The molecule has 172 valence electrons. The highest BCUT2D eigenvalue weighted by atomic mass is 32.2. The number of nitrogens with zero attached hydrogens (tertiary/aromatic N) is 5. The highest BCUT2D eigenvalue weighted by Crippen LogP contribution is 2.24. The summed E-state index contributed by atoms with van der Waals surface area (Å²) in [5, 5.41) is 11.4. The molecule has 2 amide bonds. The predicted octanol–water partition coefficient (Wildman–Crippen LogP) is 3.57. The lowest BCUT2D eigenvalue weighted by Gasteiger charge is -2.20. The van der Waals surface area contributed by atoms with Crippen molar-refractivity contribution in [1.29, 1.82) is 0 Å². The normalized spacial score (nSPS) is 14.2. The Labute approximate surface area is 193 Å². The van der Waals surface area contributed by atoms with Gasteiger partial charge in [0.15, 0.2) is 11.0 Å². The minimum atomic E-state index is -0.776. The number of likely N-dealkylation sites (tertiary alicyclic amines) is 1. The highest BCUT2D eigenvalue weighted by Gasteiger charge is 2.22. The molecule has 1 saturated heterocycles. The Morgan fingerprint density at radius 1 is 1.12 bits per heavy atom. The average Bonchev–Trinajstić information content (AvgIpc) is 3.07. The maximum absolute atomic E-state index is 13.4. The fourth-order valence-electron chi connectivity index (χ4n) is 3.57. The summed E-state index contributed by atoms with van der Waals surface area (Å²) in [6, 6.07) is 6.43. The van der Waals surface area contributed by atoms with E-state index in [0.717, 1.165) is 49.2 Å². The molecule has 3 heterocycles. The lowest BCUT2D eigenvalue weighted by atomic mass is 10.2. The molecule has 0 bridgehead atoms. The second kappa shape index (κ2) is 10.5. The van der Waals surface area contributed by atoms with Gasteiger partial charge in [-0.2, -0.15) is 0 Å². The van der Waals surface area contributed by atoms with Crippen LogP contribution in [-0.2, 0) is 16.1 Å². The Bertz CT molecular complexity index is 1120. The summed E-state index contributed by atoms with van der Waals surface area (Å²) in [5.74, 6) is -1.41. The summed E-state index contributed by atoms with van der Waals surface area (Å²) < 4.78 is 28.5. The largest absolute Gasteiger partial charge is 0.335 e. The number of nitrogens with one attached hydrogen (secondary N) is 1. The first-order valence-electron chi connectivity index (χ1n) is 10.5. The zero-order chi connectivity index (χ0) is 23.2. The van der Waals surface area contributed by atoms with Crippen molar-refractivity contribution in [3.05, 3.63) is 60.2 Å². The Morgan fingerprint density at radius 3 is 2.70 bits per heavy atom. The van der Waals surface area contributed by atoms with Gasteiger partial charge in [-0.15, -0.1) is 10.2 Å². The smallest absolute Gasteiger partial charge is 0.234 e. The van der Waals surface area contributed by atoms with E-state index >= 15 is 0 Å². The third-order valence-corrected chi connectivity index (χ3v) is 6.02. The Balaban J connectivity index is 1.51. The number of hydrogen-bond acceptors (Lipinski definition) is 6. The Hall–Kier alpha value is -3.34. The van der Waals surface area contributed by atoms with E-state index in [1.807, 2.05) is 6.07 Å². The number of thioether (sulfide) groups is 1. The molecule has 0 radical (unpaired) electrons. The van der Waals surface area contributed by atoms with Crippen LogP contribution in [0.5, 0.6) is 0 Å². The Kier molecular flexibility index (Phi) is 7.28. The molecule has 0 unspecified atom stereocenters. The molecule has 1 aromatic carbocycles. The summed E-state index contributed by atoms with van der Waals surface area (Å²) in [4.78, 5) is 30.7. The van der Waals surface area contributed by atoms with E-state index in [4.69, 9.17) is 0 Å². The molecule has 4 rings (SSSR count). The zero-order valence-electron chi connectivity index (χ0n) is 17.7. The third-order valence-electron chi connectivity index (χ3n) is 5.09. The molecule has 1 N–H and O–H groups in total. The molecule has 0 aliphatic carbocycles. The molecule has 8 nitrogen and oxygen atoms in total. The second-order valence-electron chi connectivity index (χ2n) is 7.57. The van der Waals surface area contributed by atoms with Crippen LogP contribution in [0.15, 0.2) is 47.9 Å². The quantitative estimate of drug-likeness (QED) is 0.529. The van der Waals surface area contributed by atoms with E-state index in [0.29, 0.717) is 36.2 Å². The molecule has 1 fully saturated rings. The number of benzene rings is 1. The summed E-state index contributed by atoms with van der Waals surface area (Å²) in [6.45, 7) is 0.962. The van der Waals surface area contributed by atoms with Crippen LogP contribution in [0.4, 0.5) is 14.5 Å². The first-order chi connectivity index (χ1) is 16.0. The van der Waals surface area contributed by atoms with Gasteiger partial charge in [0, 0.05) is 30.9 Å². The van der Waals surface area contributed by atoms with Crippen LogP contribution in [0, 0.1) is 11.6 Å². The van der Waals surface area contributed by atoms with Crippen LogP contribution in [0.1, 0.15) is 31.5 Å². The predicted molar refractivity (Wildman–Crippen MR) is 119 cm³/mol. The van der Waals surface area contributed by atoms with Crippen molar-refractivity contribution in [2.24, 2.45) is 0 Å². The topological polar surface area (TPSA) is 93.0 Å². The van der Waals surface area contributed by atoms with Crippen molar-refractivity contribution in [2.45, 2.75) is 37.4 Å². The number of hydrogen-bond donors (Lipinski definition) is 1. The average molecular weight is 473 g/mol. The molecule has 11 heteroatoms. The van der Waals surface area contributed by atoms with Gasteiger partial charge in [-0.05, 0) is 37.1 Å². The van der Waals surface area contributed by atoms with Gasteiger partial charge in [-0.1, -0.05) is 18.2 Å². The van der Waals surface area contributed by atoms with Gasteiger partial charge in [0.25, 0.3) is 0 Å². The van der Waals surface area contributed by atoms with E-state index in [9.17, 15) is 18.4 Å². The molecule has 3 aromatic rings. The lowest BCUT2D eigenvalue weighted by Crippen LogP contribution is -2.31. The van der Waals surface area contributed by atoms with Crippen LogP contribution in [0.2, 0.25) is 0 Å². The minimum Gasteiger partial charge on any atom is -0.335 e. The summed E-state index contributed by atoms with van der Waals surface area (Å²) in [7, 11) is 0. The number of halogens is 2. The van der Waals surface area contributed by atoms with Gasteiger partial charge in [0.05, 0.1) is 24.2 Å². The van der Waals surface area contributed by atoms with Crippen molar-refractivity contribution >= 4 is 29.3 Å². The number of amides is 2. The Morgan fingerprint density at radius 2 is 1.94 bits per heavy atom. The second-order valence-corrected chi connectivity index (χ2v) is 8.51. The van der Waals surface area contributed by atoms with Gasteiger partial charge in [-0.3, -0.25) is 19.1 Å². The molecule has 33 heavy (non-hydrogen) atoms. The van der Waals surface area contributed by atoms with Crippen LogP contribution in [-0.4, -0.2) is 48.8 Å². The lowest BCUT2D eigenvalue weighted by molar-refractivity contribution is -0.131. The first-order valence-corrected chi connectivity index (χ1v) is 11.5. The van der Waals surface area contributed by atoms with E-state index < -0.39 is 17.5 Å². The molecule has 0 saturated carbocycles. The fraction of sp³-hybridized carbons (Fsp3) is 0.318. The summed E-state index contributed by atoms with van der Waals surface area (Å²) in [6.07, 6.45) is 6.65. The number of carbonyl (C=O) groups is 2. The van der Waals surface area contributed by atoms with Gasteiger partial charge >= 0.3 is 0 Å². The van der Waals surface area contributed by atoms with E-state index in [-0.39, 0.29) is 17.3 Å². The van der Waals surface area contributed by atoms with E-state index in [1.165, 1.54) is 0 Å². The molecule has 1 aliphatic heterocycles. The van der Waals surface area contributed by atoms with E-state index in [2.05, 4.69) is 20.5 Å². The maximum atomic E-state index is 13.4. The molecular weight excluding hydrogens is 450 g/mol. The number of rotatable bonds is 7. The molecule has 0 atom stereocenters. The number of carbonyl (C=O) groups excluding carboxylic acids is 2. The van der Waals surface area contributed by atoms with Gasteiger partial charge in [-0.25, -0.2) is 8.78 Å². The highest BCUT2D eigenvalue weighted by molar-refractivity contribution is 7.99. The molecule has 2 aromatic heterocycles. The van der Waals surface area contributed by atoms with Crippen molar-refractivity contribution in [2.75, 3.05) is 17.6 Å². The number of pyridine rings is 1. The molecule has 0 spiro atoms. The van der Waals surface area contributed by atoms with Crippen molar-refractivity contribution < 1.29 is 18.4 Å². The van der Waals surface area contributed by atoms with Crippen molar-refractivity contribution in [1.82, 2.24) is 24.6 Å². The van der Waals surface area contributed by atoms with Crippen LogP contribution < -0.4 is 5.32 Å². The van der Waals surface area contributed by atoms with Gasteiger partial charge < -0.3 is 10.2 Å². The fourth-order valence-corrected chi connectivity index (χ4v) is 4.34. The maximum Gasteiger partial charge on any atom is 0.234 e. The van der Waals surface area contributed by atoms with Crippen molar-refractivity contribution in [3.63, 3.8) is 0 Å². The number of aromatic nitrogens is 4. The number of anilines is 1. The monoisotopic (exact) mass is 472 g/mol. The van der Waals surface area contributed by atoms with Gasteiger partial charge in [0.1, 0.15) is 11.6 Å². The third kappa shape index (κ3) is 5.92. The minimum absolute atomic E-state index is 0.0344. The summed E-state index contributed by atoms with van der Waals surface area (Å²) >= 11 is 1.12. The zero-order valence-corrected chi connectivity index (χ0v) is 18.5. The molecule has 1 aliphatic rings. The van der Waals surface area contributed by atoms with Gasteiger partial charge in [0.2, 0.25) is 11.8 Å². The SMILES string of the molecule is O=C(CSc1nnc(CN2CCCCCC2=O)n1-c1cccnc1)Nc1cc(F)cc(F)c1. The van der Waals surface area contributed by atoms with Crippen LogP contribution in [0.25, 0.3) is 5.69 Å². The summed E-state index contributed by atoms with van der Waals surface area (Å²) in [5.41, 5.74) is 0.738. The molecular formula is C22H22F2N6O2S. The van der Waals surface area contributed by atoms with Crippen LogP contribution >= 0.6 is 11.8 Å². The van der Waals surface area contributed by atoms with Crippen molar-refractivity contribution in [3.8, 4) is 5.69 Å².